The van der Waals surface area contributed by atoms with Crippen molar-refractivity contribution in [1.82, 2.24) is 20.0 Å². The Balaban J connectivity index is 1.78. The molecule has 0 radical (unpaired) electrons. The number of carbonyl (C=O) groups excluding carboxylic acids is 1. The summed E-state index contributed by atoms with van der Waals surface area (Å²) in [7, 11) is 3.64. The average Bonchev–Trinajstić information content (AvgIpc) is 2.83. The summed E-state index contributed by atoms with van der Waals surface area (Å²) in [6.45, 7) is 2.44. The molecule has 1 fully saturated rings. The first-order valence-corrected chi connectivity index (χ1v) is 8.71. The molecule has 1 N–H and O–H groups in total. The Labute approximate surface area is 133 Å². The molecule has 1 atom stereocenters. The molecule has 1 aliphatic heterocycles. The van der Waals surface area contributed by atoms with E-state index in [-0.39, 0.29) is 5.91 Å². The second-order valence-corrected chi connectivity index (χ2v) is 6.68. The minimum atomic E-state index is -0.0508. The molecule has 2 aliphatic rings. The number of nitrogens with one attached hydrogen (secondary N) is 1. The molecule has 0 unspecified atom stereocenters. The lowest BCUT2D eigenvalue weighted by atomic mass is 9.89. The van der Waals surface area contributed by atoms with Gasteiger partial charge in [-0.2, -0.15) is 5.10 Å². The number of amides is 1. The highest BCUT2D eigenvalue weighted by atomic mass is 16.1. The van der Waals surface area contributed by atoms with E-state index in [1.54, 1.807) is 7.05 Å². The molecule has 0 saturated carbocycles. The van der Waals surface area contributed by atoms with Crippen LogP contribution >= 0.6 is 0 Å². The van der Waals surface area contributed by atoms with Gasteiger partial charge in [0.1, 0.15) is 0 Å². The number of hydrogen-bond donors (Lipinski definition) is 1. The molecule has 5 nitrogen and oxygen atoms in total. The van der Waals surface area contributed by atoms with Crippen molar-refractivity contribution in [1.29, 1.82) is 0 Å². The Morgan fingerprint density at radius 2 is 1.86 bits per heavy atom. The van der Waals surface area contributed by atoms with Gasteiger partial charge in [0.25, 0.3) is 5.91 Å². The largest absolute Gasteiger partial charge is 0.354 e. The lowest BCUT2D eigenvalue weighted by Crippen LogP contribution is -2.41. The van der Waals surface area contributed by atoms with Crippen molar-refractivity contribution in [3.63, 3.8) is 0 Å². The highest BCUT2D eigenvalue weighted by Gasteiger charge is 2.30. The minimum Gasteiger partial charge on any atom is -0.354 e. The van der Waals surface area contributed by atoms with E-state index in [0.29, 0.717) is 11.7 Å². The third kappa shape index (κ3) is 3.05. The van der Waals surface area contributed by atoms with Gasteiger partial charge in [0.2, 0.25) is 0 Å². The molecular formula is C17H28N4O. The fourth-order valence-electron chi connectivity index (χ4n) is 4.02. The van der Waals surface area contributed by atoms with Gasteiger partial charge in [-0.1, -0.05) is 19.3 Å². The Morgan fingerprint density at radius 3 is 2.55 bits per heavy atom. The number of aromatic nitrogens is 2. The monoisotopic (exact) mass is 304 g/mol. The number of fused-ring (bicyclic) bond motifs is 1. The van der Waals surface area contributed by atoms with E-state index in [4.69, 9.17) is 0 Å². The summed E-state index contributed by atoms with van der Waals surface area (Å²) in [6.07, 6.45) is 9.97. The van der Waals surface area contributed by atoms with Crippen LogP contribution in [-0.4, -0.2) is 46.8 Å². The summed E-state index contributed by atoms with van der Waals surface area (Å²) in [5.74, 6) is -0.0508. The van der Waals surface area contributed by atoms with Gasteiger partial charge in [0.15, 0.2) is 5.69 Å². The summed E-state index contributed by atoms with van der Waals surface area (Å²) in [5.41, 5.74) is 3.07. The predicted octanol–water partition coefficient (Wildman–Crippen LogP) is 1.90. The number of carbonyl (C=O) groups is 1. The van der Waals surface area contributed by atoms with Crippen LogP contribution in [0.5, 0.6) is 0 Å². The molecule has 0 bridgehead atoms. The van der Waals surface area contributed by atoms with Gasteiger partial charge in [-0.15, -0.1) is 0 Å². The van der Waals surface area contributed by atoms with E-state index in [0.717, 1.165) is 12.8 Å². The summed E-state index contributed by atoms with van der Waals surface area (Å²) in [6, 6.07) is 0.582. The molecule has 0 spiro atoms. The summed E-state index contributed by atoms with van der Waals surface area (Å²) >= 11 is 0. The third-order valence-electron chi connectivity index (χ3n) is 5.28. The van der Waals surface area contributed by atoms with Crippen molar-refractivity contribution in [3.8, 4) is 0 Å². The third-order valence-corrected chi connectivity index (χ3v) is 5.28. The molecule has 2 heterocycles. The van der Waals surface area contributed by atoms with Crippen LogP contribution in [0.1, 0.15) is 60.3 Å². The van der Waals surface area contributed by atoms with E-state index in [1.165, 1.54) is 62.9 Å². The van der Waals surface area contributed by atoms with Crippen molar-refractivity contribution < 1.29 is 4.79 Å². The van der Waals surface area contributed by atoms with Crippen molar-refractivity contribution in [2.75, 3.05) is 20.1 Å². The Kier molecular flexibility index (Phi) is 4.81. The second kappa shape index (κ2) is 6.82. The van der Waals surface area contributed by atoms with Gasteiger partial charge in [-0.25, -0.2) is 0 Å². The van der Waals surface area contributed by atoms with Gasteiger partial charge in [0.05, 0.1) is 0 Å². The SMILES string of the molecule is CNC(=O)c1nn(C)c2c1C[C@@H](N1CCCCCCC1)CC2. The van der Waals surface area contributed by atoms with E-state index in [1.807, 2.05) is 11.7 Å². The first-order valence-electron chi connectivity index (χ1n) is 8.71. The van der Waals surface area contributed by atoms with Gasteiger partial charge < -0.3 is 10.2 Å². The van der Waals surface area contributed by atoms with Gasteiger partial charge in [0, 0.05) is 31.4 Å². The molecule has 3 rings (SSSR count). The molecule has 1 aromatic heterocycles. The fourth-order valence-corrected chi connectivity index (χ4v) is 4.02. The van der Waals surface area contributed by atoms with Gasteiger partial charge in [-0.3, -0.25) is 9.48 Å². The molecule has 22 heavy (non-hydrogen) atoms. The number of rotatable bonds is 2. The number of nitrogens with zero attached hydrogens (tertiary/aromatic N) is 3. The van der Waals surface area contributed by atoms with Crippen molar-refractivity contribution in [2.24, 2.45) is 7.05 Å². The van der Waals surface area contributed by atoms with Crippen LogP contribution in [0.15, 0.2) is 0 Å². The number of likely N-dealkylation sites (tertiary alicyclic amines) is 1. The van der Waals surface area contributed by atoms with Crippen LogP contribution in [0.3, 0.4) is 0 Å². The van der Waals surface area contributed by atoms with E-state index < -0.39 is 0 Å². The van der Waals surface area contributed by atoms with E-state index in [9.17, 15) is 4.79 Å². The van der Waals surface area contributed by atoms with Crippen LogP contribution in [0, 0.1) is 0 Å². The van der Waals surface area contributed by atoms with E-state index >= 15 is 0 Å². The first kappa shape index (κ1) is 15.5. The maximum Gasteiger partial charge on any atom is 0.271 e. The molecule has 122 valence electrons. The normalized spacial score (nSPS) is 23.5. The zero-order valence-corrected chi connectivity index (χ0v) is 13.9. The van der Waals surface area contributed by atoms with Crippen LogP contribution in [0.4, 0.5) is 0 Å². The minimum absolute atomic E-state index is 0.0508. The zero-order valence-electron chi connectivity index (χ0n) is 13.9. The molecule has 1 aromatic rings. The summed E-state index contributed by atoms with van der Waals surface area (Å²) in [5, 5.41) is 7.19. The van der Waals surface area contributed by atoms with Crippen LogP contribution in [0.2, 0.25) is 0 Å². The quantitative estimate of drug-likeness (QED) is 0.908. The Morgan fingerprint density at radius 1 is 1.18 bits per heavy atom. The summed E-state index contributed by atoms with van der Waals surface area (Å²) in [4.78, 5) is 14.8. The number of aryl methyl sites for hydroxylation is 1. The zero-order chi connectivity index (χ0) is 15.5. The van der Waals surface area contributed by atoms with Crippen LogP contribution < -0.4 is 5.32 Å². The lowest BCUT2D eigenvalue weighted by Gasteiger charge is -2.35. The lowest BCUT2D eigenvalue weighted by molar-refractivity contribution is 0.0955. The molecule has 1 saturated heterocycles. The van der Waals surface area contributed by atoms with Crippen molar-refractivity contribution in [2.45, 2.75) is 57.4 Å². The molecular weight excluding hydrogens is 276 g/mol. The highest BCUT2D eigenvalue weighted by molar-refractivity contribution is 5.93. The molecule has 1 amide bonds. The van der Waals surface area contributed by atoms with Crippen molar-refractivity contribution >= 4 is 5.91 Å². The first-order chi connectivity index (χ1) is 10.7. The maximum absolute atomic E-state index is 12.1. The smallest absolute Gasteiger partial charge is 0.271 e. The van der Waals surface area contributed by atoms with E-state index in [2.05, 4.69) is 15.3 Å². The highest BCUT2D eigenvalue weighted by Crippen LogP contribution is 2.28. The number of hydrogen-bond acceptors (Lipinski definition) is 3. The predicted molar refractivity (Wildman–Crippen MR) is 87.1 cm³/mol. The summed E-state index contributed by atoms with van der Waals surface area (Å²) < 4.78 is 1.91. The standard InChI is InChI=1S/C17H28N4O/c1-18-17(22)16-14-12-13(8-9-15(14)20(2)19-16)21-10-6-4-3-5-7-11-21/h13H,3-12H2,1-2H3,(H,18,22)/t13-/m0/s1. The average molecular weight is 304 g/mol. The second-order valence-electron chi connectivity index (χ2n) is 6.68. The molecule has 5 heteroatoms. The molecule has 1 aliphatic carbocycles. The van der Waals surface area contributed by atoms with Crippen LogP contribution in [-0.2, 0) is 19.9 Å². The van der Waals surface area contributed by atoms with Crippen molar-refractivity contribution in [3.05, 3.63) is 17.0 Å². The van der Waals surface area contributed by atoms with Gasteiger partial charge >= 0.3 is 0 Å². The maximum atomic E-state index is 12.1. The Bertz CT molecular complexity index is 529. The fraction of sp³-hybridized carbons (Fsp3) is 0.765. The van der Waals surface area contributed by atoms with Crippen LogP contribution in [0.25, 0.3) is 0 Å². The molecule has 0 aromatic carbocycles. The Hall–Kier alpha value is -1.36. The topological polar surface area (TPSA) is 50.2 Å². The van der Waals surface area contributed by atoms with Gasteiger partial charge in [-0.05, 0) is 45.2 Å².